The van der Waals surface area contributed by atoms with Crippen LogP contribution in [0, 0.1) is 6.92 Å². The van der Waals surface area contributed by atoms with Crippen molar-refractivity contribution in [3.8, 4) is 5.75 Å². The summed E-state index contributed by atoms with van der Waals surface area (Å²) in [5, 5.41) is 13.0. The van der Waals surface area contributed by atoms with Gasteiger partial charge in [0, 0.05) is 18.1 Å². The van der Waals surface area contributed by atoms with E-state index in [9.17, 15) is 0 Å². The Morgan fingerprint density at radius 1 is 1.11 bits per heavy atom. The molecule has 3 rings (SSSR count). The molecule has 0 fully saturated rings. The molecule has 1 aromatic carbocycles. The summed E-state index contributed by atoms with van der Waals surface area (Å²) in [4.78, 5) is 4.33. The number of aromatic nitrogens is 1. The molecule has 1 N–H and O–H groups in total. The van der Waals surface area contributed by atoms with E-state index < -0.39 is 0 Å². The number of ether oxygens (including phenoxy) is 2. The highest BCUT2D eigenvalue weighted by Crippen LogP contribution is 2.17. The maximum Gasteiger partial charge on any atom is 0.216 e. The Morgan fingerprint density at radius 3 is 2.59 bits per heavy atom. The zero-order valence-corrected chi connectivity index (χ0v) is 15.9. The smallest absolute Gasteiger partial charge is 0.216 e. The van der Waals surface area contributed by atoms with Crippen LogP contribution in [0.25, 0.3) is 0 Å². The Bertz CT molecular complexity index is 724. The number of hydrogen-bond donors (Lipinski definition) is 1. The van der Waals surface area contributed by atoms with Crippen molar-refractivity contribution in [3.05, 3.63) is 47.3 Å². The van der Waals surface area contributed by atoms with Crippen LogP contribution in [0.5, 0.6) is 5.75 Å². The molecule has 1 aliphatic heterocycles. The molecule has 0 bridgehead atoms. The highest BCUT2D eigenvalue weighted by atomic mass is 16.5. The van der Waals surface area contributed by atoms with Gasteiger partial charge in [-0.25, -0.2) is 4.99 Å². The Balaban J connectivity index is 1.26. The number of rotatable bonds is 11. The molecular weight excluding hydrogens is 344 g/mol. The second-order valence-electron chi connectivity index (χ2n) is 6.91. The third-order valence-corrected chi connectivity index (χ3v) is 4.54. The number of aliphatic hydroxyl groups excluding tert-OH is 1. The second kappa shape index (κ2) is 10.1. The monoisotopic (exact) mass is 372 g/mol. The van der Waals surface area contributed by atoms with Gasteiger partial charge < -0.3 is 19.1 Å². The van der Waals surface area contributed by atoms with Gasteiger partial charge >= 0.3 is 0 Å². The highest BCUT2D eigenvalue weighted by Gasteiger charge is 2.18. The van der Waals surface area contributed by atoms with Crippen molar-refractivity contribution in [1.29, 1.82) is 0 Å². The number of unbranched alkanes of at least 4 members (excludes halogenated alkanes) is 4. The second-order valence-corrected chi connectivity index (χ2v) is 6.91. The first-order valence-corrected chi connectivity index (χ1v) is 9.71. The normalized spacial score (nSPS) is 16.2. The summed E-state index contributed by atoms with van der Waals surface area (Å²) in [5.41, 5.74) is 1.87. The Kier molecular flexibility index (Phi) is 7.27. The predicted octanol–water partition coefficient (Wildman–Crippen LogP) is 3.69. The van der Waals surface area contributed by atoms with Gasteiger partial charge in [-0.1, -0.05) is 24.4 Å². The van der Waals surface area contributed by atoms with Crippen molar-refractivity contribution in [2.45, 2.75) is 51.5 Å². The number of aliphatic hydroxyl groups is 1. The van der Waals surface area contributed by atoms with E-state index in [2.05, 4.69) is 10.1 Å². The molecule has 2 aromatic rings. The summed E-state index contributed by atoms with van der Waals surface area (Å²) in [6.07, 6.45) is 6.74. The summed E-state index contributed by atoms with van der Waals surface area (Å²) < 4.78 is 16.5. The van der Waals surface area contributed by atoms with Gasteiger partial charge in [-0.05, 0) is 44.0 Å². The lowest BCUT2D eigenvalue weighted by molar-refractivity contribution is 0.227. The van der Waals surface area contributed by atoms with E-state index in [1.54, 1.807) is 0 Å². The molecule has 2 heterocycles. The average Bonchev–Trinajstić information content (AvgIpc) is 3.33. The lowest BCUT2D eigenvalue weighted by atomic mass is 10.1. The molecule has 146 valence electrons. The van der Waals surface area contributed by atoms with E-state index in [1.165, 1.54) is 19.3 Å². The summed E-state index contributed by atoms with van der Waals surface area (Å²) in [5.74, 6) is 2.44. The summed E-state index contributed by atoms with van der Waals surface area (Å²) >= 11 is 0. The van der Waals surface area contributed by atoms with Crippen molar-refractivity contribution < 1.29 is 19.1 Å². The standard InChI is InChI=1S/C21H28N2O4/c1-16-13-20(27-23-16)7-5-3-2-4-6-12-25-19-10-8-17(9-11-19)21-22-18(14-24)15-26-21/h8-11,13,18,24H,2-7,12,14-15H2,1H3. The molecule has 1 aromatic heterocycles. The van der Waals surface area contributed by atoms with E-state index in [1.807, 2.05) is 37.3 Å². The molecule has 6 heteroatoms. The summed E-state index contributed by atoms with van der Waals surface area (Å²) in [7, 11) is 0. The first-order valence-electron chi connectivity index (χ1n) is 9.71. The van der Waals surface area contributed by atoms with Gasteiger partial charge in [0.2, 0.25) is 5.90 Å². The fraction of sp³-hybridized carbons (Fsp3) is 0.524. The van der Waals surface area contributed by atoms with E-state index in [-0.39, 0.29) is 12.6 Å². The lowest BCUT2D eigenvalue weighted by Gasteiger charge is -2.07. The zero-order chi connectivity index (χ0) is 18.9. The van der Waals surface area contributed by atoms with E-state index in [0.29, 0.717) is 12.5 Å². The van der Waals surface area contributed by atoms with Crippen molar-refractivity contribution in [2.24, 2.45) is 4.99 Å². The van der Waals surface area contributed by atoms with Gasteiger partial charge in [-0.15, -0.1) is 0 Å². The number of nitrogens with zero attached hydrogens (tertiary/aromatic N) is 2. The molecule has 6 nitrogen and oxygen atoms in total. The first kappa shape index (κ1) is 19.4. The van der Waals surface area contributed by atoms with Crippen LogP contribution in [0.3, 0.4) is 0 Å². The largest absolute Gasteiger partial charge is 0.494 e. The van der Waals surface area contributed by atoms with Crippen molar-refractivity contribution in [2.75, 3.05) is 19.8 Å². The number of benzene rings is 1. The van der Waals surface area contributed by atoms with Crippen LogP contribution >= 0.6 is 0 Å². The first-order chi connectivity index (χ1) is 13.2. The maximum atomic E-state index is 9.10. The third kappa shape index (κ3) is 6.10. The lowest BCUT2D eigenvalue weighted by Crippen LogP contribution is -2.10. The Labute approximate surface area is 160 Å². The van der Waals surface area contributed by atoms with Gasteiger partial charge in [-0.2, -0.15) is 0 Å². The van der Waals surface area contributed by atoms with Crippen LogP contribution in [-0.4, -0.2) is 42.0 Å². The highest BCUT2D eigenvalue weighted by molar-refractivity contribution is 5.95. The van der Waals surface area contributed by atoms with Crippen molar-refractivity contribution in [1.82, 2.24) is 5.16 Å². The van der Waals surface area contributed by atoms with Crippen LogP contribution in [0.2, 0.25) is 0 Å². The van der Waals surface area contributed by atoms with Crippen LogP contribution < -0.4 is 4.74 Å². The van der Waals surface area contributed by atoms with E-state index >= 15 is 0 Å². The average molecular weight is 372 g/mol. The topological polar surface area (TPSA) is 77.1 Å². The molecule has 0 amide bonds. The predicted molar refractivity (Wildman–Crippen MR) is 103 cm³/mol. The third-order valence-electron chi connectivity index (χ3n) is 4.54. The van der Waals surface area contributed by atoms with E-state index in [0.717, 1.165) is 48.6 Å². The molecule has 0 saturated heterocycles. The molecule has 0 saturated carbocycles. The van der Waals surface area contributed by atoms with Gasteiger partial charge in [-0.3, -0.25) is 0 Å². The van der Waals surface area contributed by atoms with E-state index in [4.69, 9.17) is 19.1 Å². The molecule has 0 spiro atoms. The Morgan fingerprint density at radius 2 is 1.89 bits per heavy atom. The van der Waals surface area contributed by atoms with Gasteiger partial charge in [0.1, 0.15) is 24.2 Å². The van der Waals surface area contributed by atoms with Gasteiger partial charge in [0.05, 0.1) is 18.9 Å². The SMILES string of the molecule is Cc1cc(CCCCCCCOc2ccc(C3=NC(CO)CO3)cc2)on1. The number of hydrogen-bond acceptors (Lipinski definition) is 6. The van der Waals surface area contributed by atoms with Crippen LogP contribution in [0.4, 0.5) is 0 Å². The molecule has 0 radical (unpaired) electrons. The van der Waals surface area contributed by atoms with Crippen molar-refractivity contribution in [3.63, 3.8) is 0 Å². The fourth-order valence-corrected chi connectivity index (χ4v) is 3.02. The maximum absolute atomic E-state index is 9.10. The molecular formula is C21H28N2O4. The quantitative estimate of drug-likeness (QED) is 0.609. The van der Waals surface area contributed by atoms with Gasteiger partial charge in [0.25, 0.3) is 0 Å². The fourth-order valence-electron chi connectivity index (χ4n) is 3.02. The minimum atomic E-state index is -0.143. The Hall–Kier alpha value is -2.34. The summed E-state index contributed by atoms with van der Waals surface area (Å²) in [6.45, 7) is 3.14. The molecule has 1 atom stereocenters. The number of aryl methyl sites for hydroxylation is 2. The molecule has 0 aliphatic carbocycles. The molecule has 27 heavy (non-hydrogen) atoms. The van der Waals surface area contributed by atoms with Gasteiger partial charge in [0.15, 0.2) is 0 Å². The minimum Gasteiger partial charge on any atom is -0.494 e. The minimum absolute atomic E-state index is 0.0183. The van der Waals surface area contributed by atoms with Crippen LogP contribution in [-0.2, 0) is 11.2 Å². The van der Waals surface area contributed by atoms with Crippen LogP contribution in [0.1, 0.15) is 49.1 Å². The number of aliphatic imine (C=N–C) groups is 1. The zero-order valence-electron chi connectivity index (χ0n) is 15.9. The van der Waals surface area contributed by atoms with Crippen molar-refractivity contribution >= 4 is 5.90 Å². The molecule has 1 aliphatic rings. The summed E-state index contributed by atoms with van der Waals surface area (Å²) in [6, 6.07) is 9.63. The molecule has 1 unspecified atom stereocenters. The van der Waals surface area contributed by atoms with Crippen LogP contribution in [0.15, 0.2) is 39.8 Å².